The molecule has 0 aliphatic carbocycles. The first-order valence-electron chi connectivity index (χ1n) is 9.23. The number of hydrogen-bond acceptors (Lipinski definition) is 5. The second kappa shape index (κ2) is 8.57. The number of amides is 1. The van der Waals surface area contributed by atoms with Gasteiger partial charge in [0.1, 0.15) is 17.6 Å². The van der Waals surface area contributed by atoms with E-state index in [-0.39, 0.29) is 17.6 Å². The van der Waals surface area contributed by atoms with Crippen LogP contribution in [0.2, 0.25) is 0 Å². The van der Waals surface area contributed by atoms with E-state index in [4.69, 9.17) is 9.15 Å². The molecule has 0 bridgehead atoms. The monoisotopic (exact) mass is 403 g/mol. The summed E-state index contributed by atoms with van der Waals surface area (Å²) < 4.78 is 24.5. The highest BCUT2D eigenvalue weighted by Gasteiger charge is 2.24. The van der Waals surface area contributed by atoms with E-state index in [9.17, 15) is 9.18 Å². The zero-order chi connectivity index (χ0) is 20.9. The molecule has 4 aromatic rings. The Morgan fingerprint density at radius 3 is 2.50 bits per heavy atom. The first-order chi connectivity index (χ1) is 14.6. The lowest BCUT2D eigenvalue weighted by Crippen LogP contribution is -2.29. The quantitative estimate of drug-likeness (QED) is 0.516. The van der Waals surface area contributed by atoms with Crippen molar-refractivity contribution in [3.8, 4) is 17.2 Å². The molecular weight excluding hydrogens is 385 g/mol. The summed E-state index contributed by atoms with van der Waals surface area (Å²) in [5.41, 5.74) is 1.77. The van der Waals surface area contributed by atoms with Crippen molar-refractivity contribution < 1.29 is 18.3 Å². The lowest BCUT2D eigenvalue weighted by molar-refractivity contribution is 0.0937. The second-order valence-corrected chi connectivity index (χ2v) is 6.50. The minimum Gasteiger partial charge on any atom is -0.497 e. The Kier molecular flexibility index (Phi) is 5.52. The van der Waals surface area contributed by atoms with Gasteiger partial charge in [0.25, 0.3) is 5.91 Å². The molecule has 0 aliphatic rings. The molecule has 0 fully saturated rings. The number of carbonyl (C=O) groups is 1. The molecule has 0 unspecified atom stereocenters. The van der Waals surface area contributed by atoms with Gasteiger partial charge in [-0.2, -0.15) is 0 Å². The van der Waals surface area contributed by atoms with E-state index < -0.39 is 6.04 Å². The Bertz CT molecular complexity index is 1140. The number of carbonyl (C=O) groups excluding carboxylic acids is 1. The molecule has 6 nitrogen and oxygen atoms in total. The highest BCUT2D eigenvalue weighted by atomic mass is 19.1. The van der Waals surface area contributed by atoms with Gasteiger partial charge in [-0.05, 0) is 48.0 Å². The van der Waals surface area contributed by atoms with Crippen molar-refractivity contribution >= 4 is 5.91 Å². The smallest absolute Gasteiger partial charge is 0.252 e. The molecule has 0 saturated heterocycles. The fraction of sp³-hybridized carbons (Fsp3) is 0.0870. The first-order valence-corrected chi connectivity index (χ1v) is 9.23. The van der Waals surface area contributed by atoms with E-state index in [1.165, 1.54) is 19.2 Å². The second-order valence-electron chi connectivity index (χ2n) is 6.50. The van der Waals surface area contributed by atoms with Gasteiger partial charge in [0.05, 0.1) is 7.11 Å². The van der Waals surface area contributed by atoms with Crippen LogP contribution in [0.3, 0.4) is 0 Å². The molecule has 150 valence electrons. The maximum absolute atomic E-state index is 13.4. The van der Waals surface area contributed by atoms with Crippen LogP contribution in [-0.4, -0.2) is 23.2 Å². The van der Waals surface area contributed by atoms with Crippen LogP contribution in [0.4, 0.5) is 4.39 Å². The fourth-order valence-electron chi connectivity index (χ4n) is 2.97. The van der Waals surface area contributed by atoms with Crippen molar-refractivity contribution in [2.45, 2.75) is 6.04 Å². The third-order valence-corrected chi connectivity index (χ3v) is 4.52. The first kappa shape index (κ1) is 19.3. The van der Waals surface area contributed by atoms with Crippen LogP contribution in [-0.2, 0) is 0 Å². The summed E-state index contributed by atoms with van der Waals surface area (Å²) in [4.78, 5) is 12.9. The van der Waals surface area contributed by atoms with Crippen molar-refractivity contribution in [2.75, 3.05) is 7.11 Å². The van der Waals surface area contributed by atoms with Crippen LogP contribution in [0.1, 0.15) is 27.9 Å². The van der Waals surface area contributed by atoms with Crippen molar-refractivity contribution in [3.63, 3.8) is 0 Å². The van der Waals surface area contributed by atoms with Crippen LogP contribution in [0.15, 0.2) is 83.3 Å². The lowest BCUT2D eigenvalue weighted by Gasteiger charge is -2.16. The Balaban J connectivity index is 1.67. The maximum atomic E-state index is 13.4. The fourth-order valence-corrected chi connectivity index (χ4v) is 2.97. The molecule has 1 N–H and O–H groups in total. The topological polar surface area (TPSA) is 77.2 Å². The maximum Gasteiger partial charge on any atom is 0.252 e. The Labute approximate surface area is 172 Å². The van der Waals surface area contributed by atoms with Gasteiger partial charge in [-0.25, -0.2) is 4.39 Å². The van der Waals surface area contributed by atoms with Gasteiger partial charge in [-0.3, -0.25) is 4.79 Å². The van der Waals surface area contributed by atoms with E-state index in [1.807, 2.05) is 30.3 Å². The molecule has 1 aromatic heterocycles. The van der Waals surface area contributed by atoms with E-state index in [2.05, 4.69) is 15.5 Å². The number of halogens is 1. The molecule has 0 aliphatic heterocycles. The van der Waals surface area contributed by atoms with Gasteiger partial charge in [-0.1, -0.05) is 36.4 Å². The summed E-state index contributed by atoms with van der Waals surface area (Å²) in [5, 5.41) is 11.1. The van der Waals surface area contributed by atoms with E-state index in [1.54, 1.807) is 36.4 Å². The van der Waals surface area contributed by atoms with Crippen molar-refractivity contribution in [1.82, 2.24) is 15.5 Å². The summed E-state index contributed by atoms with van der Waals surface area (Å²) in [6.45, 7) is 0. The summed E-state index contributed by atoms with van der Waals surface area (Å²) in [7, 11) is 1.53. The standard InChI is InChI=1S/C23H18FN3O3/c1-29-19-9-5-8-17(14-19)21(28)25-20(15-10-12-18(24)13-11-15)23-27-26-22(30-23)16-6-3-2-4-7-16/h2-14,20H,1H3,(H,25,28)/t20-/m0/s1. The number of nitrogens with zero attached hydrogens (tertiary/aromatic N) is 2. The molecule has 1 amide bonds. The van der Waals surface area contributed by atoms with Crippen LogP contribution in [0.5, 0.6) is 5.75 Å². The zero-order valence-corrected chi connectivity index (χ0v) is 16.1. The van der Waals surface area contributed by atoms with Gasteiger partial charge in [0.15, 0.2) is 0 Å². The third kappa shape index (κ3) is 4.20. The Morgan fingerprint density at radius 2 is 1.77 bits per heavy atom. The molecule has 0 saturated carbocycles. The average molecular weight is 403 g/mol. The molecule has 30 heavy (non-hydrogen) atoms. The van der Waals surface area contributed by atoms with Gasteiger partial charge in [0, 0.05) is 11.1 Å². The summed E-state index contributed by atoms with van der Waals surface area (Å²) in [6, 6.07) is 21.1. The normalized spacial score (nSPS) is 11.7. The molecule has 7 heteroatoms. The average Bonchev–Trinajstić information content (AvgIpc) is 3.29. The van der Waals surface area contributed by atoms with Crippen LogP contribution < -0.4 is 10.1 Å². The van der Waals surface area contributed by atoms with Gasteiger partial charge in [-0.15, -0.1) is 10.2 Å². The molecule has 1 heterocycles. The molecule has 0 radical (unpaired) electrons. The summed E-state index contributed by atoms with van der Waals surface area (Å²) in [6.07, 6.45) is 0. The van der Waals surface area contributed by atoms with Gasteiger partial charge in [0.2, 0.25) is 11.8 Å². The van der Waals surface area contributed by atoms with Crippen molar-refractivity contribution in [3.05, 3.63) is 102 Å². The van der Waals surface area contributed by atoms with Crippen molar-refractivity contribution in [2.24, 2.45) is 0 Å². The minimum absolute atomic E-state index is 0.191. The van der Waals surface area contributed by atoms with Crippen LogP contribution in [0.25, 0.3) is 11.5 Å². The third-order valence-electron chi connectivity index (χ3n) is 4.52. The van der Waals surface area contributed by atoms with Crippen molar-refractivity contribution in [1.29, 1.82) is 0 Å². The number of aromatic nitrogens is 2. The van der Waals surface area contributed by atoms with E-state index in [0.717, 1.165) is 5.56 Å². The number of rotatable bonds is 6. The van der Waals surface area contributed by atoms with Gasteiger partial charge >= 0.3 is 0 Å². The van der Waals surface area contributed by atoms with E-state index >= 15 is 0 Å². The Hall–Kier alpha value is -4.00. The number of hydrogen-bond donors (Lipinski definition) is 1. The summed E-state index contributed by atoms with van der Waals surface area (Å²) in [5.74, 6) is 0.338. The van der Waals surface area contributed by atoms with Crippen LogP contribution in [0, 0.1) is 5.82 Å². The number of ether oxygens (including phenoxy) is 1. The predicted molar refractivity (Wildman–Crippen MR) is 108 cm³/mol. The SMILES string of the molecule is COc1cccc(C(=O)N[C@@H](c2ccc(F)cc2)c2nnc(-c3ccccc3)o2)c1. The molecule has 0 spiro atoms. The largest absolute Gasteiger partial charge is 0.497 e. The molecule has 4 rings (SSSR count). The predicted octanol–water partition coefficient (Wildman–Crippen LogP) is 4.40. The Morgan fingerprint density at radius 1 is 1.00 bits per heavy atom. The number of nitrogens with one attached hydrogen (secondary N) is 1. The van der Waals surface area contributed by atoms with E-state index in [0.29, 0.717) is 22.8 Å². The molecular formula is C23H18FN3O3. The number of methoxy groups -OCH3 is 1. The molecule has 1 atom stereocenters. The molecule has 3 aromatic carbocycles. The van der Waals surface area contributed by atoms with Crippen LogP contribution >= 0.6 is 0 Å². The highest BCUT2D eigenvalue weighted by Crippen LogP contribution is 2.26. The highest BCUT2D eigenvalue weighted by molar-refractivity contribution is 5.95. The minimum atomic E-state index is -0.755. The lowest BCUT2D eigenvalue weighted by atomic mass is 10.1. The van der Waals surface area contributed by atoms with Gasteiger partial charge < -0.3 is 14.5 Å². The summed E-state index contributed by atoms with van der Waals surface area (Å²) >= 11 is 0. The number of benzene rings is 3. The zero-order valence-electron chi connectivity index (χ0n) is 16.1.